The Labute approximate surface area is 159 Å². The highest BCUT2D eigenvalue weighted by Gasteiger charge is 2.27. The fraction of sp³-hybridized carbons (Fsp3) is 0.250. The molecule has 142 valence electrons. The number of amides is 1. The maximum atomic E-state index is 12.7. The molecule has 0 bridgehead atoms. The lowest BCUT2D eigenvalue weighted by atomic mass is 9.97. The molecule has 3 rings (SSSR count). The smallest absolute Gasteiger partial charge is 0.243 e. The largest absolute Gasteiger partial charge is 0.497 e. The first-order valence-corrected chi connectivity index (χ1v) is 10.1. The summed E-state index contributed by atoms with van der Waals surface area (Å²) in [6.07, 6.45) is 3.12. The Morgan fingerprint density at radius 2 is 1.52 bits per heavy atom. The summed E-state index contributed by atoms with van der Waals surface area (Å²) < 4.78 is 32.0. The van der Waals surface area contributed by atoms with Crippen LogP contribution in [0, 0.1) is 0 Å². The van der Waals surface area contributed by atoms with Crippen LogP contribution in [-0.4, -0.2) is 38.8 Å². The third kappa shape index (κ3) is 4.20. The monoisotopic (exact) mass is 386 g/mol. The van der Waals surface area contributed by atoms with Gasteiger partial charge in [0.25, 0.3) is 0 Å². The maximum Gasteiger partial charge on any atom is 0.243 e. The van der Waals surface area contributed by atoms with Gasteiger partial charge in [-0.25, -0.2) is 8.42 Å². The number of nitrogens with zero attached hydrogens (tertiary/aromatic N) is 1. The molecule has 0 saturated carbocycles. The van der Waals surface area contributed by atoms with Gasteiger partial charge in [0.1, 0.15) is 5.75 Å². The molecule has 0 aliphatic carbocycles. The van der Waals surface area contributed by atoms with Crippen LogP contribution in [0.5, 0.6) is 5.75 Å². The summed E-state index contributed by atoms with van der Waals surface area (Å²) in [5.74, 6) is 0.124. The van der Waals surface area contributed by atoms with Crippen molar-refractivity contribution in [3.63, 3.8) is 0 Å². The van der Waals surface area contributed by atoms with Crippen LogP contribution in [0.2, 0.25) is 0 Å². The van der Waals surface area contributed by atoms with Crippen molar-refractivity contribution in [1.29, 1.82) is 0 Å². The van der Waals surface area contributed by atoms with E-state index < -0.39 is 15.9 Å². The normalized spacial score (nSPS) is 15.7. The van der Waals surface area contributed by atoms with E-state index in [4.69, 9.17) is 10.5 Å². The van der Waals surface area contributed by atoms with Crippen LogP contribution in [0.4, 0.5) is 0 Å². The number of hydrogen-bond acceptors (Lipinski definition) is 4. The van der Waals surface area contributed by atoms with Crippen molar-refractivity contribution < 1.29 is 17.9 Å². The second-order valence-electron chi connectivity index (χ2n) is 6.32. The lowest BCUT2D eigenvalue weighted by Gasteiger charge is -2.16. The van der Waals surface area contributed by atoms with E-state index in [2.05, 4.69) is 0 Å². The molecule has 6 nitrogen and oxygen atoms in total. The molecule has 0 aromatic heterocycles. The molecule has 0 atom stereocenters. The Morgan fingerprint density at radius 1 is 1.00 bits per heavy atom. The molecule has 1 fully saturated rings. The van der Waals surface area contributed by atoms with Crippen molar-refractivity contribution in [3.05, 3.63) is 65.7 Å². The molecule has 27 heavy (non-hydrogen) atoms. The molecule has 1 saturated heterocycles. The summed E-state index contributed by atoms with van der Waals surface area (Å²) in [5.41, 5.74) is 7.47. The molecule has 1 aliphatic rings. The number of nitrogens with two attached hydrogens (primary N) is 1. The molecule has 0 radical (unpaired) electrons. The number of sulfonamides is 1. The SMILES string of the molecule is COc1ccc(C(=CC(N)=O)c2ccc(S(=O)(=O)N3CCCC3)cc2)cc1. The topological polar surface area (TPSA) is 89.7 Å². The minimum atomic E-state index is -3.47. The summed E-state index contributed by atoms with van der Waals surface area (Å²) in [6.45, 7) is 1.12. The average molecular weight is 386 g/mol. The number of carbonyl (C=O) groups is 1. The molecular weight excluding hydrogens is 364 g/mol. The lowest BCUT2D eigenvalue weighted by Crippen LogP contribution is -2.27. The van der Waals surface area contributed by atoms with E-state index in [0.29, 0.717) is 30.0 Å². The van der Waals surface area contributed by atoms with Gasteiger partial charge >= 0.3 is 0 Å². The molecule has 0 spiro atoms. The van der Waals surface area contributed by atoms with Crippen molar-refractivity contribution in [2.45, 2.75) is 17.7 Å². The Bertz CT molecular complexity index is 942. The van der Waals surface area contributed by atoms with Gasteiger partial charge in [-0.2, -0.15) is 4.31 Å². The van der Waals surface area contributed by atoms with Gasteiger partial charge in [-0.1, -0.05) is 24.3 Å². The number of benzene rings is 2. The zero-order valence-electron chi connectivity index (χ0n) is 15.1. The summed E-state index contributed by atoms with van der Waals surface area (Å²) in [7, 11) is -1.89. The fourth-order valence-electron chi connectivity index (χ4n) is 3.13. The molecule has 1 amide bonds. The third-order valence-corrected chi connectivity index (χ3v) is 6.47. The van der Waals surface area contributed by atoms with E-state index in [1.165, 1.54) is 10.4 Å². The van der Waals surface area contributed by atoms with Gasteiger partial charge in [0, 0.05) is 19.2 Å². The third-order valence-electron chi connectivity index (χ3n) is 4.56. The van der Waals surface area contributed by atoms with Crippen LogP contribution in [0.3, 0.4) is 0 Å². The summed E-state index contributed by atoms with van der Waals surface area (Å²) in [6, 6.07) is 13.8. The first kappa shape index (κ1) is 19.1. The number of ether oxygens (including phenoxy) is 1. The van der Waals surface area contributed by atoms with Crippen molar-refractivity contribution in [2.75, 3.05) is 20.2 Å². The Hall–Kier alpha value is -2.64. The van der Waals surface area contributed by atoms with E-state index >= 15 is 0 Å². The van der Waals surface area contributed by atoms with E-state index in [1.54, 1.807) is 43.5 Å². The Balaban J connectivity index is 1.95. The van der Waals surface area contributed by atoms with Gasteiger partial charge in [0.05, 0.1) is 12.0 Å². The van der Waals surface area contributed by atoms with Crippen molar-refractivity contribution in [1.82, 2.24) is 4.31 Å². The van der Waals surface area contributed by atoms with E-state index in [0.717, 1.165) is 18.4 Å². The summed E-state index contributed by atoms with van der Waals surface area (Å²) >= 11 is 0. The highest BCUT2D eigenvalue weighted by Crippen LogP contribution is 2.27. The number of hydrogen-bond donors (Lipinski definition) is 1. The number of primary amides is 1. The van der Waals surface area contributed by atoms with Gasteiger partial charge < -0.3 is 10.5 Å². The second-order valence-corrected chi connectivity index (χ2v) is 8.26. The molecule has 7 heteroatoms. The lowest BCUT2D eigenvalue weighted by molar-refractivity contribution is -0.113. The molecule has 2 aromatic rings. The van der Waals surface area contributed by atoms with Crippen molar-refractivity contribution in [2.24, 2.45) is 5.73 Å². The van der Waals surface area contributed by atoms with Gasteiger partial charge in [-0.05, 0) is 53.8 Å². The van der Waals surface area contributed by atoms with Crippen molar-refractivity contribution >= 4 is 21.5 Å². The van der Waals surface area contributed by atoms with Crippen molar-refractivity contribution in [3.8, 4) is 5.75 Å². The van der Waals surface area contributed by atoms with Crippen LogP contribution >= 0.6 is 0 Å². The molecule has 0 unspecified atom stereocenters. The highest BCUT2D eigenvalue weighted by molar-refractivity contribution is 7.89. The average Bonchev–Trinajstić information content (AvgIpc) is 3.22. The fourth-order valence-corrected chi connectivity index (χ4v) is 4.65. The Morgan fingerprint density at radius 3 is 2.00 bits per heavy atom. The quantitative estimate of drug-likeness (QED) is 0.772. The second kappa shape index (κ2) is 7.94. The number of carbonyl (C=O) groups excluding carboxylic acids is 1. The highest BCUT2D eigenvalue weighted by atomic mass is 32.2. The standard InChI is InChI=1S/C20H22N2O4S/c1-26-17-8-4-15(5-9-17)19(14-20(21)23)16-6-10-18(11-7-16)27(24,25)22-12-2-3-13-22/h4-11,14H,2-3,12-13H2,1H3,(H2,21,23). The molecule has 1 heterocycles. The molecule has 2 aromatic carbocycles. The van der Waals surface area contributed by atoms with Crippen LogP contribution in [0.25, 0.3) is 5.57 Å². The van der Waals surface area contributed by atoms with Gasteiger partial charge in [-0.15, -0.1) is 0 Å². The zero-order valence-corrected chi connectivity index (χ0v) is 15.9. The maximum absolute atomic E-state index is 12.7. The van der Waals surface area contributed by atoms with E-state index in [-0.39, 0.29) is 4.90 Å². The minimum absolute atomic E-state index is 0.251. The minimum Gasteiger partial charge on any atom is -0.497 e. The van der Waals surface area contributed by atoms with Crippen LogP contribution in [-0.2, 0) is 14.8 Å². The van der Waals surface area contributed by atoms with Gasteiger partial charge in [-0.3, -0.25) is 4.79 Å². The Kier molecular flexibility index (Phi) is 5.62. The molecule has 2 N–H and O–H groups in total. The first-order chi connectivity index (χ1) is 12.9. The molecular formula is C20H22N2O4S. The van der Waals surface area contributed by atoms with Crippen LogP contribution in [0.1, 0.15) is 24.0 Å². The van der Waals surface area contributed by atoms with Crippen LogP contribution < -0.4 is 10.5 Å². The van der Waals surface area contributed by atoms with E-state index in [1.807, 2.05) is 12.1 Å². The summed E-state index contributed by atoms with van der Waals surface area (Å²) in [5, 5.41) is 0. The predicted molar refractivity (Wildman–Crippen MR) is 104 cm³/mol. The molecule has 1 aliphatic heterocycles. The van der Waals surface area contributed by atoms with Gasteiger partial charge in [0.15, 0.2) is 0 Å². The predicted octanol–water partition coefficient (Wildman–Crippen LogP) is 2.40. The number of methoxy groups -OCH3 is 1. The van der Waals surface area contributed by atoms with Gasteiger partial charge in [0.2, 0.25) is 15.9 Å². The van der Waals surface area contributed by atoms with Crippen LogP contribution in [0.15, 0.2) is 59.5 Å². The van der Waals surface area contributed by atoms with E-state index in [9.17, 15) is 13.2 Å². The summed E-state index contributed by atoms with van der Waals surface area (Å²) in [4.78, 5) is 11.7. The first-order valence-electron chi connectivity index (χ1n) is 8.68. The number of rotatable bonds is 6. The zero-order chi connectivity index (χ0) is 19.4.